The van der Waals surface area contributed by atoms with Crippen molar-refractivity contribution in [3.8, 4) is 0 Å². The van der Waals surface area contributed by atoms with E-state index < -0.39 is 12.4 Å². The Balaban J connectivity index is 1.25. The predicted octanol–water partition coefficient (Wildman–Crippen LogP) is 10.1. The summed E-state index contributed by atoms with van der Waals surface area (Å²) in [4.78, 5) is 14.7. The quantitative estimate of drug-likeness (QED) is 0.0796. The summed E-state index contributed by atoms with van der Waals surface area (Å²) < 4.78 is 13.3. The van der Waals surface area contributed by atoms with E-state index >= 15 is 0 Å². The number of nitrogens with one attached hydrogen (secondary N) is 1. The lowest BCUT2D eigenvalue weighted by molar-refractivity contribution is -0.276. The molecular formula is C46H68N2O5. The standard InChI is InChI=1S/C46H68N2O5/c1-5-6-7-8-9-10-11-12-13-14-15-16-20-23-43(50)47-32-37-24-30-41(31-25-37)46-52-42(33-48(4)36(3)44(51)39-21-18-17-19-22-39)35(2)45(53-46)40-28-26-38(34-49)27-29-40/h17-19,21-22,24-31,35-36,42,44-46,49,51H,5-16,20,23,32-34H2,1-4H3,(H,47,50)/t35-,36-,42+,44-,45+,46?/m0/s1. The summed E-state index contributed by atoms with van der Waals surface area (Å²) >= 11 is 0. The highest BCUT2D eigenvalue weighted by atomic mass is 16.7. The molecule has 1 fully saturated rings. The molecule has 53 heavy (non-hydrogen) atoms. The number of rotatable bonds is 24. The first kappa shape index (κ1) is 42.7. The van der Waals surface area contributed by atoms with Crippen molar-refractivity contribution in [2.45, 2.75) is 154 Å². The second-order valence-corrected chi connectivity index (χ2v) is 15.4. The van der Waals surface area contributed by atoms with Gasteiger partial charge in [-0.3, -0.25) is 9.69 Å². The Morgan fingerprint density at radius 3 is 1.89 bits per heavy atom. The zero-order valence-corrected chi connectivity index (χ0v) is 33.1. The van der Waals surface area contributed by atoms with Gasteiger partial charge in [-0.1, -0.05) is 170 Å². The number of hydrogen-bond acceptors (Lipinski definition) is 6. The van der Waals surface area contributed by atoms with Crippen molar-refractivity contribution in [3.05, 3.63) is 107 Å². The van der Waals surface area contributed by atoms with E-state index in [-0.39, 0.29) is 36.7 Å². The molecule has 0 spiro atoms. The first-order valence-corrected chi connectivity index (χ1v) is 20.6. The topological polar surface area (TPSA) is 91.3 Å². The van der Waals surface area contributed by atoms with Crippen LogP contribution in [0, 0.1) is 5.92 Å². The van der Waals surface area contributed by atoms with Crippen molar-refractivity contribution in [3.63, 3.8) is 0 Å². The van der Waals surface area contributed by atoms with Gasteiger partial charge < -0.3 is 25.0 Å². The Hall–Kier alpha value is -3.07. The second kappa shape index (κ2) is 23.7. The maximum absolute atomic E-state index is 12.6. The number of benzene rings is 3. The number of carbonyl (C=O) groups is 1. The summed E-state index contributed by atoms with van der Waals surface area (Å²) in [5.74, 6) is 0.137. The maximum atomic E-state index is 12.6. The molecule has 1 amide bonds. The van der Waals surface area contributed by atoms with Crippen molar-refractivity contribution in [2.75, 3.05) is 13.6 Å². The largest absolute Gasteiger partial charge is 0.392 e. The van der Waals surface area contributed by atoms with Gasteiger partial charge in [0.05, 0.1) is 24.9 Å². The number of aliphatic hydroxyl groups is 2. The molecule has 7 heteroatoms. The zero-order chi connectivity index (χ0) is 37.8. The lowest BCUT2D eigenvalue weighted by Gasteiger charge is -2.43. The van der Waals surface area contributed by atoms with Crippen LogP contribution in [0.25, 0.3) is 0 Å². The molecule has 0 radical (unpaired) electrons. The number of ether oxygens (including phenoxy) is 2. The monoisotopic (exact) mass is 729 g/mol. The number of likely N-dealkylation sites (N-methyl/N-ethyl adjacent to an activating group) is 1. The molecule has 292 valence electrons. The summed E-state index contributed by atoms with van der Waals surface area (Å²) in [6.07, 6.45) is 15.9. The molecule has 3 N–H and O–H groups in total. The van der Waals surface area contributed by atoms with E-state index in [0.717, 1.165) is 40.7 Å². The van der Waals surface area contributed by atoms with Gasteiger partial charge in [0, 0.05) is 37.0 Å². The summed E-state index contributed by atoms with van der Waals surface area (Å²) in [5, 5.41) is 23.8. The Labute approximate surface area is 320 Å². The van der Waals surface area contributed by atoms with Gasteiger partial charge in [0.25, 0.3) is 0 Å². The third-order valence-electron chi connectivity index (χ3n) is 11.1. The Kier molecular flexibility index (Phi) is 19.0. The molecule has 0 saturated carbocycles. The van der Waals surface area contributed by atoms with Crippen LogP contribution in [0.5, 0.6) is 0 Å². The second-order valence-electron chi connectivity index (χ2n) is 15.4. The number of carbonyl (C=O) groups excluding carboxylic acids is 1. The third-order valence-corrected chi connectivity index (χ3v) is 11.1. The van der Waals surface area contributed by atoms with Gasteiger partial charge in [-0.25, -0.2) is 0 Å². The van der Waals surface area contributed by atoms with E-state index in [2.05, 4.69) is 24.1 Å². The lowest BCUT2D eigenvalue weighted by atomic mass is 9.89. The predicted molar refractivity (Wildman–Crippen MR) is 215 cm³/mol. The molecule has 1 aliphatic rings. The molecule has 6 atom stereocenters. The molecule has 1 unspecified atom stereocenters. The summed E-state index contributed by atoms with van der Waals surface area (Å²) in [5.41, 5.74) is 4.74. The first-order valence-electron chi connectivity index (χ1n) is 20.6. The van der Waals surface area contributed by atoms with Crippen LogP contribution in [0.15, 0.2) is 78.9 Å². The molecule has 3 aromatic carbocycles. The minimum Gasteiger partial charge on any atom is -0.392 e. The van der Waals surface area contributed by atoms with Crippen molar-refractivity contribution < 1.29 is 24.5 Å². The van der Waals surface area contributed by atoms with Gasteiger partial charge in [-0.2, -0.15) is 0 Å². The number of hydrogen-bond donors (Lipinski definition) is 3. The van der Waals surface area contributed by atoms with E-state index in [9.17, 15) is 15.0 Å². The van der Waals surface area contributed by atoms with Crippen LogP contribution in [0.2, 0.25) is 0 Å². The van der Waals surface area contributed by atoms with Crippen LogP contribution in [0.3, 0.4) is 0 Å². The summed E-state index contributed by atoms with van der Waals surface area (Å²) in [7, 11) is 2.03. The van der Waals surface area contributed by atoms with Gasteiger partial charge in [-0.15, -0.1) is 0 Å². The molecule has 4 rings (SSSR count). The van der Waals surface area contributed by atoms with Crippen LogP contribution < -0.4 is 5.32 Å². The van der Waals surface area contributed by atoms with E-state index in [4.69, 9.17) is 9.47 Å². The zero-order valence-electron chi connectivity index (χ0n) is 33.1. The van der Waals surface area contributed by atoms with Crippen molar-refractivity contribution in [1.29, 1.82) is 0 Å². The fourth-order valence-corrected chi connectivity index (χ4v) is 7.33. The molecule has 0 bridgehead atoms. The number of nitrogens with zero attached hydrogens (tertiary/aromatic N) is 1. The number of unbranched alkanes of at least 4 members (excludes halogenated alkanes) is 12. The Morgan fingerprint density at radius 2 is 1.30 bits per heavy atom. The van der Waals surface area contributed by atoms with E-state index in [1.807, 2.05) is 92.8 Å². The van der Waals surface area contributed by atoms with Gasteiger partial charge in [0.2, 0.25) is 5.91 Å². The maximum Gasteiger partial charge on any atom is 0.220 e. The highest BCUT2D eigenvalue weighted by molar-refractivity contribution is 5.75. The van der Waals surface area contributed by atoms with E-state index in [0.29, 0.717) is 19.5 Å². The van der Waals surface area contributed by atoms with Crippen LogP contribution in [-0.2, 0) is 27.4 Å². The average molecular weight is 729 g/mol. The summed E-state index contributed by atoms with van der Waals surface area (Å²) in [6, 6.07) is 25.7. The minimum absolute atomic E-state index is 0.00557. The minimum atomic E-state index is -0.628. The van der Waals surface area contributed by atoms with Crippen LogP contribution in [-0.4, -0.2) is 46.8 Å². The molecule has 0 aliphatic carbocycles. The first-order chi connectivity index (χ1) is 25.8. The van der Waals surface area contributed by atoms with Crippen LogP contribution in [0.4, 0.5) is 0 Å². The van der Waals surface area contributed by atoms with Gasteiger partial charge in [0.1, 0.15) is 0 Å². The average Bonchev–Trinajstić information content (AvgIpc) is 3.19. The fraction of sp³-hybridized carbons (Fsp3) is 0.587. The molecule has 1 saturated heterocycles. The van der Waals surface area contributed by atoms with Crippen LogP contribution in [0.1, 0.15) is 157 Å². The molecule has 3 aromatic rings. The van der Waals surface area contributed by atoms with Crippen molar-refractivity contribution in [2.24, 2.45) is 5.92 Å². The molecule has 0 aromatic heterocycles. The van der Waals surface area contributed by atoms with E-state index in [1.165, 1.54) is 70.6 Å². The highest BCUT2D eigenvalue weighted by Gasteiger charge is 2.39. The number of amides is 1. The van der Waals surface area contributed by atoms with Gasteiger partial charge in [-0.05, 0) is 42.6 Å². The van der Waals surface area contributed by atoms with Gasteiger partial charge in [0.15, 0.2) is 6.29 Å². The van der Waals surface area contributed by atoms with Gasteiger partial charge >= 0.3 is 0 Å². The third kappa shape index (κ3) is 14.3. The van der Waals surface area contributed by atoms with E-state index in [1.54, 1.807) is 0 Å². The molecule has 1 heterocycles. The summed E-state index contributed by atoms with van der Waals surface area (Å²) in [6.45, 7) is 7.57. The smallest absolute Gasteiger partial charge is 0.220 e. The Bertz CT molecular complexity index is 1420. The normalized spacial score (nSPS) is 20.0. The Morgan fingerprint density at radius 1 is 0.755 bits per heavy atom. The lowest BCUT2D eigenvalue weighted by Crippen LogP contribution is -2.46. The van der Waals surface area contributed by atoms with Crippen LogP contribution >= 0.6 is 0 Å². The highest BCUT2D eigenvalue weighted by Crippen LogP contribution is 2.42. The SMILES string of the molecule is CCCCCCCCCCCCCCCC(=O)NCc1ccc(C2O[C@H](CN(C)[C@@H](C)[C@H](O)c3ccccc3)[C@H](C)[C@H](c3ccc(CO)cc3)O2)cc1. The van der Waals surface area contributed by atoms with Crippen molar-refractivity contribution >= 4 is 5.91 Å². The fourth-order valence-electron chi connectivity index (χ4n) is 7.33. The molecular weight excluding hydrogens is 661 g/mol. The molecule has 7 nitrogen and oxygen atoms in total. The molecule has 1 aliphatic heterocycles. The number of aliphatic hydroxyl groups excluding tert-OH is 2. The van der Waals surface area contributed by atoms with Crippen molar-refractivity contribution in [1.82, 2.24) is 10.2 Å².